The Bertz CT molecular complexity index is 2050. The largest absolute Gasteiger partial charge is 0.416 e. The van der Waals surface area contributed by atoms with Crippen molar-refractivity contribution in [2.75, 3.05) is 56.9 Å². The van der Waals surface area contributed by atoms with Gasteiger partial charge in [-0.15, -0.1) is 0 Å². The SMILES string of the molecule is CNc1ncc(C#Cc2cccc(CC(=O)Nc3ccc(CN4CCN(CC5CC5)CC4)c(C(F)(F)F)c3)c2)c(-c2cc3c(n2C)CCNC3=O)n1. The van der Waals surface area contributed by atoms with Gasteiger partial charge in [0.1, 0.15) is 5.69 Å². The van der Waals surface area contributed by atoms with Gasteiger partial charge < -0.3 is 25.4 Å². The molecule has 3 aliphatic rings. The van der Waals surface area contributed by atoms with E-state index >= 15 is 0 Å². The van der Waals surface area contributed by atoms with Crippen LogP contribution in [0.5, 0.6) is 0 Å². The molecule has 3 N–H and O–H groups in total. The molecule has 52 heavy (non-hydrogen) atoms. The van der Waals surface area contributed by atoms with Gasteiger partial charge in [0, 0.05) is 89.5 Å². The number of alkyl halides is 3. The van der Waals surface area contributed by atoms with E-state index in [0.717, 1.165) is 56.1 Å². The van der Waals surface area contributed by atoms with Gasteiger partial charge in [0.2, 0.25) is 11.9 Å². The smallest absolute Gasteiger partial charge is 0.357 e. The fraction of sp³-hybridized carbons (Fsp3) is 0.385. The first-order valence-electron chi connectivity index (χ1n) is 17.6. The predicted molar refractivity (Wildman–Crippen MR) is 193 cm³/mol. The third kappa shape index (κ3) is 8.14. The van der Waals surface area contributed by atoms with Crippen molar-refractivity contribution >= 4 is 23.5 Å². The number of aromatic nitrogens is 3. The van der Waals surface area contributed by atoms with Crippen LogP contribution in [0.3, 0.4) is 0 Å². The lowest BCUT2D eigenvalue weighted by atomic mass is 10.0. The zero-order chi connectivity index (χ0) is 36.4. The Kier molecular flexibility index (Phi) is 10.0. The summed E-state index contributed by atoms with van der Waals surface area (Å²) in [7, 11) is 3.62. The lowest BCUT2D eigenvalue weighted by Crippen LogP contribution is -2.46. The van der Waals surface area contributed by atoms with Gasteiger partial charge in [-0.25, -0.2) is 9.97 Å². The Hall–Kier alpha value is -5.19. The second kappa shape index (κ2) is 14.8. The van der Waals surface area contributed by atoms with Gasteiger partial charge >= 0.3 is 6.18 Å². The maximum absolute atomic E-state index is 14.2. The average molecular weight is 711 g/mol. The van der Waals surface area contributed by atoms with Gasteiger partial charge in [0.15, 0.2) is 0 Å². The summed E-state index contributed by atoms with van der Waals surface area (Å²) in [5.74, 6) is 6.93. The van der Waals surface area contributed by atoms with Crippen molar-refractivity contribution in [3.05, 3.63) is 93.8 Å². The Balaban J connectivity index is 1.03. The third-order valence-corrected chi connectivity index (χ3v) is 9.91. The minimum atomic E-state index is -4.55. The van der Waals surface area contributed by atoms with Crippen LogP contribution in [0.1, 0.15) is 56.7 Å². The molecule has 2 amide bonds. The van der Waals surface area contributed by atoms with E-state index in [1.54, 1.807) is 37.5 Å². The maximum atomic E-state index is 14.2. The molecule has 2 aliphatic heterocycles. The number of carbonyl (C=O) groups excluding carboxylic acids is 2. The molecular weight excluding hydrogens is 669 g/mol. The van der Waals surface area contributed by atoms with Gasteiger partial charge in [0.25, 0.3) is 5.91 Å². The molecule has 10 nitrogen and oxygen atoms in total. The lowest BCUT2D eigenvalue weighted by Gasteiger charge is -2.35. The number of anilines is 2. The highest BCUT2D eigenvalue weighted by Gasteiger charge is 2.35. The topological polar surface area (TPSA) is 107 Å². The summed E-state index contributed by atoms with van der Waals surface area (Å²) in [6.45, 7) is 5.08. The Morgan fingerprint density at radius 3 is 2.56 bits per heavy atom. The van der Waals surface area contributed by atoms with Crippen LogP contribution in [0.2, 0.25) is 0 Å². The summed E-state index contributed by atoms with van der Waals surface area (Å²) in [5.41, 5.74) is 4.26. The van der Waals surface area contributed by atoms with Crippen LogP contribution < -0.4 is 16.0 Å². The number of halogens is 3. The van der Waals surface area contributed by atoms with Crippen molar-refractivity contribution in [2.45, 2.75) is 38.4 Å². The number of nitrogens with zero attached hydrogens (tertiary/aromatic N) is 5. The minimum Gasteiger partial charge on any atom is -0.357 e. The van der Waals surface area contributed by atoms with Crippen LogP contribution in [0.15, 0.2) is 54.7 Å². The lowest BCUT2D eigenvalue weighted by molar-refractivity contribution is -0.138. The maximum Gasteiger partial charge on any atom is 0.416 e. The first-order chi connectivity index (χ1) is 25.0. The molecule has 4 aromatic rings. The number of benzene rings is 2. The minimum absolute atomic E-state index is 0.0496. The summed E-state index contributed by atoms with van der Waals surface area (Å²) in [6, 6.07) is 13.0. The molecule has 0 atom stereocenters. The van der Waals surface area contributed by atoms with Gasteiger partial charge in [-0.3, -0.25) is 14.5 Å². The fourth-order valence-corrected chi connectivity index (χ4v) is 6.93. The standard InChI is InChI=1S/C39H41F3N8O2/c1-43-38-45-22-28(36(47-38)34-21-31-33(48(34)2)12-13-44-37(31)52)9-8-25-4-3-5-27(18-25)19-35(51)46-30-11-10-29(32(20-30)39(40,41)42)24-50-16-14-49(15-17-50)23-26-6-7-26/h3-5,10-11,18,20-22,26H,6-7,12-17,19,23-24H2,1-2H3,(H,44,52)(H,46,51)(H,43,45,47). The quantitative estimate of drug-likeness (QED) is 0.212. The molecule has 270 valence electrons. The van der Waals surface area contributed by atoms with Crippen molar-refractivity contribution < 1.29 is 22.8 Å². The summed E-state index contributed by atoms with van der Waals surface area (Å²) >= 11 is 0. The molecule has 0 unspecified atom stereocenters. The zero-order valence-electron chi connectivity index (χ0n) is 29.2. The number of rotatable bonds is 9. The molecule has 0 spiro atoms. The van der Waals surface area contributed by atoms with E-state index in [1.165, 1.54) is 18.9 Å². The van der Waals surface area contributed by atoms with Gasteiger partial charge in [-0.05, 0) is 60.2 Å². The highest BCUT2D eigenvalue weighted by molar-refractivity contribution is 5.98. The molecule has 2 fully saturated rings. The monoisotopic (exact) mass is 710 g/mol. The van der Waals surface area contributed by atoms with Crippen molar-refractivity contribution in [3.8, 4) is 23.2 Å². The van der Waals surface area contributed by atoms with Crippen LogP contribution in [0.25, 0.3) is 11.4 Å². The number of hydrogen-bond acceptors (Lipinski definition) is 7. The summed E-state index contributed by atoms with van der Waals surface area (Å²) in [4.78, 5) is 39.1. The van der Waals surface area contributed by atoms with Gasteiger partial charge in [-0.1, -0.05) is 30.0 Å². The third-order valence-electron chi connectivity index (χ3n) is 9.91. The average Bonchev–Trinajstić information content (AvgIpc) is 3.88. The number of hydrogen-bond donors (Lipinski definition) is 3. The Morgan fingerprint density at radius 2 is 1.83 bits per heavy atom. The van der Waals surface area contributed by atoms with E-state index in [1.807, 2.05) is 23.7 Å². The van der Waals surface area contributed by atoms with Crippen LogP contribution in [0, 0.1) is 17.8 Å². The molecule has 0 bridgehead atoms. The van der Waals surface area contributed by atoms with Crippen molar-refractivity contribution in [1.82, 2.24) is 29.7 Å². The van der Waals surface area contributed by atoms with Crippen LogP contribution in [0.4, 0.5) is 24.8 Å². The number of nitrogens with one attached hydrogen (secondary N) is 3. The predicted octanol–water partition coefficient (Wildman–Crippen LogP) is 4.94. The number of amides is 2. The van der Waals surface area contributed by atoms with E-state index in [4.69, 9.17) is 0 Å². The Morgan fingerprint density at radius 1 is 1.04 bits per heavy atom. The second-order valence-corrected chi connectivity index (χ2v) is 13.7. The van der Waals surface area contributed by atoms with Crippen LogP contribution in [-0.2, 0) is 37.4 Å². The highest BCUT2D eigenvalue weighted by Crippen LogP contribution is 2.35. The second-order valence-electron chi connectivity index (χ2n) is 13.7. The normalized spacial score (nSPS) is 16.4. The Labute approximate surface area is 300 Å². The van der Waals surface area contributed by atoms with Crippen molar-refractivity contribution in [3.63, 3.8) is 0 Å². The zero-order valence-corrected chi connectivity index (χ0v) is 29.2. The molecular formula is C39H41F3N8O2. The molecule has 7 rings (SSSR count). The van der Waals surface area contributed by atoms with Crippen molar-refractivity contribution in [1.29, 1.82) is 0 Å². The first-order valence-corrected chi connectivity index (χ1v) is 17.6. The molecule has 1 saturated carbocycles. The first kappa shape index (κ1) is 35.2. The van der Waals surface area contributed by atoms with Crippen LogP contribution >= 0.6 is 0 Å². The van der Waals surface area contributed by atoms with Crippen molar-refractivity contribution in [2.24, 2.45) is 13.0 Å². The number of fused-ring (bicyclic) bond motifs is 1. The number of piperazine rings is 1. The van der Waals surface area contributed by atoms with Gasteiger partial charge in [0.05, 0.1) is 28.8 Å². The van der Waals surface area contributed by atoms with E-state index < -0.39 is 17.6 Å². The molecule has 2 aromatic heterocycles. The molecule has 13 heteroatoms. The molecule has 2 aromatic carbocycles. The molecule has 1 aliphatic carbocycles. The molecule has 0 radical (unpaired) electrons. The van der Waals surface area contributed by atoms with Gasteiger partial charge in [-0.2, -0.15) is 13.2 Å². The summed E-state index contributed by atoms with van der Waals surface area (Å²) in [6.07, 6.45) is 0.292. The number of carbonyl (C=O) groups is 2. The van der Waals surface area contributed by atoms with E-state index in [9.17, 15) is 22.8 Å². The summed E-state index contributed by atoms with van der Waals surface area (Å²) < 4.78 is 44.5. The molecule has 1 saturated heterocycles. The van der Waals surface area contributed by atoms with E-state index in [-0.39, 0.29) is 30.1 Å². The van der Waals surface area contributed by atoms with E-state index in [0.29, 0.717) is 46.9 Å². The highest BCUT2D eigenvalue weighted by atomic mass is 19.4. The van der Waals surface area contributed by atoms with Crippen LogP contribution in [-0.4, -0.2) is 82.5 Å². The summed E-state index contributed by atoms with van der Waals surface area (Å²) in [5, 5.41) is 8.49. The fourth-order valence-electron chi connectivity index (χ4n) is 6.93. The van der Waals surface area contributed by atoms with E-state index in [2.05, 4.69) is 47.6 Å². The molecule has 4 heterocycles.